The van der Waals surface area contributed by atoms with Crippen molar-refractivity contribution in [1.82, 2.24) is 0 Å². The first kappa shape index (κ1) is 20.2. The van der Waals surface area contributed by atoms with Gasteiger partial charge in [0.05, 0.1) is 29.8 Å². The average Bonchev–Trinajstić information content (AvgIpc) is 3.07. The van der Waals surface area contributed by atoms with E-state index in [1.54, 1.807) is 47.4 Å². The Balaban J connectivity index is 1.40. The number of hydrogen-bond acceptors (Lipinski definition) is 8. The van der Waals surface area contributed by atoms with E-state index in [4.69, 9.17) is 9.47 Å². The molecule has 0 bridgehead atoms. The number of thioether (sulfide) groups is 1. The molecular formula is C19H17N3O6S2. The number of nitrogens with zero attached hydrogens (tertiary/aromatic N) is 2. The summed E-state index contributed by atoms with van der Waals surface area (Å²) in [5.41, 5.74) is 1.52. The van der Waals surface area contributed by atoms with Crippen LogP contribution in [0.5, 0.6) is 5.75 Å². The van der Waals surface area contributed by atoms with E-state index in [1.807, 2.05) is 0 Å². The van der Waals surface area contributed by atoms with Crippen molar-refractivity contribution in [2.75, 3.05) is 36.2 Å². The van der Waals surface area contributed by atoms with Crippen LogP contribution in [-0.4, -0.2) is 51.5 Å². The fraction of sp³-hybridized carbons (Fsp3) is 0.211. The highest BCUT2D eigenvalue weighted by Crippen LogP contribution is 2.42. The summed E-state index contributed by atoms with van der Waals surface area (Å²) in [7, 11) is -1.96. The van der Waals surface area contributed by atoms with E-state index in [1.165, 1.54) is 18.9 Å². The largest absolute Gasteiger partial charge is 0.495 e. The van der Waals surface area contributed by atoms with Crippen LogP contribution in [0.3, 0.4) is 0 Å². The van der Waals surface area contributed by atoms with Crippen molar-refractivity contribution in [3.8, 4) is 5.75 Å². The molecule has 0 saturated heterocycles. The lowest BCUT2D eigenvalue weighted by Crippen LogP contribution is -2.35. The molecule has 4 rings (SSSR count). The smallest absolute Gasteiger partial charge is 0.338 e. The lowest BCUT2D eigenvalue weighted by atomic mass is 10.2. The molecule has 2 heterocycles. The van der Waals surface area contributed by atoms with Crippen molar-refractivity contribution in [1.29, 1.82) is 0 Å². The fourth-order valence-electron chi connectivity index (χ4n) is 3.01. The predicted molar refractivity (Wildman–Crippen MR) is 113 cm³/mol. The maximum atomic E-state index is 12.4. The number of amides is 1. The SMILES string of the molecule is COc1ccccc1NC(=O)COC(=O)c1ccc2c(c1)SC1=NS(=O)(=O)CCN12. The molecule has 30 heavy (non-hydrogen) atoms. The van der Waals surface area contributed by atoms with Crippen LogP contribution >= 0.6 is 11.8 Å². The summed E-state index contributed by atoms with van der Waals surface area (Å²) < 4.78 is 37.4. The van der Waals surface area contributed by atoms with E-state index >= 15 is 0 Å². The minimum absolute atomic E-state index is 0.0540. The minimum Gasteiger partial charge on any atom is -0.495 e. The number of anilines is 2. The molecule has 2 aliphatic rings. The Bertz CT molecular complexity index is 1160. The summed E-state index contributed by atoms with van der Waals surface area (Å²) >= 11 is 1.18. The summed E-state index contributed by atoms with van der Waals surface area (Å²) in [5.74, 6) is -0.718. The van der Waals surface area contributed by atoms with E-state index < -0.39 is 28.5 Å². The Labute approximate surface area is 177 Å². The van der Waals surface area contributed by atoms with E-state index in [2.05, 4.69) is 9.71 Å². The molecule has 156 valence electrons. The molecule has 2 aromatic carbocycles. The third-order valence-electron chi connectivity index (χ3n) is 4.42. The molecular weight excluding hydrogens is 430 g/mol. The highest BCUT2D eigenvalue weighted by atomic mass is 32.2. The van der Waals surface area contributed by atoms with Gasteiger partial charge in [-0.3, -0.25) is 4.79 Å². The number of carbonyl (C=O) groups excluding carboxylic acids is 2. The molecule has 0 aliphatic carbocycles. The van der Waals surface area contributed by atoms with Crippen LogP contribution in [0.25, 0.3) is 0 Å². The van der Waals surface area contributed by atoms with Gasteiger partial charge in [-0.25, -0.2) is 13.2 Å². The Kier molecular flexibility index (Phi) is 5.39. The molecule has 0 atom stereocenters. The number of nitrogens with one attached hydrogen (secondary N) is 1. The maximum absolute atomic E-state index is 12.4. The van der Waals surface area contributed by atoms with Gasteiger partial charge >= 0.3 is 5.97 Å². The zero-order valence-corrected chi connectivity index (χ0v) is 17.5. The topological polar surface area (TPSA) is 114 Å². The second kappa shape index (κ2) is 8.00. The van der Waals surface area contributed by atoms with Crippen LogP contribution < -0.4 is 15.0 Å². The molecule has 2 aliphatic heterocycles. The third kappa shape index (κ3) is 4.12. The molecule has 0 radical (unpaired) electrons. The number of methoxy groups -OCH3 is 1. The molecule has 2 aromatic rings. The number of benzene rings is 2. The van der Waals surface area contributed by atoms with Crippen LogP contribution in [0.2, 0.25) is 0 Å². The van der Waals surface area contributed by atoms with Gasteiger partial charge in [-0.2, -0.15) is 0 Å². The average molecular weight is 447 g/mol. The standard InChI is InChI=1S/C19H17N3O6S2/c1-27-15-5-3-2-4-13(15)20-17(23)11-28-18(24)12-6-7-14-16(10-12)29-19-21-30(25,26)9-8-22(14)19/h2-7,10H,8-9,11H2,1H3,(H,20,23). The number of ether oxygens (including phenoxy) is 2. The second-order valence-electron chi connectivity index (χ2n) is 6.42. The molecule has 1 N–H and O–H groups in total. The van der Waals surface area contributed by atoms with Gasteiger partial charge in [0.2, 0.25) is 0 Å². The van der Waals surface area contributed by atoms with Crippen molar-refractivity contribution in [3.05, 3.63) is 48.0 Å². The van der Waals surface area contributed by atoms with Crippen LogP contribution in [0, 0.1) is 0 Å². The van der Waals surface area contributed by atoms with Crippen molar-refractivity contribution in [3.63, 3.8) is 0 Å². The van der Waals surface area contributed by atoms with E-state index in [0.717, 1.165) is 5.69 Å². The van der Waals surface area contributed by atoms with Gasteiger partial charge in [0, 0.05) is 11.4 Å². The number of rotatable bonds is 5. The zero-order chi connectivity index (χ0) is 21.3. The van der Waals surface area contributed by atoms with Crippen molar-refractivity contribution in [2.24, 2.45) is 4.40 Å². The quantitative estimate of drug-likeness (QED) is 0.693. The number of amidine groups is 1. The Morgan fingerprint density at radius 2 is 2.03 bits per heavy atom. The molecule has 9 nitrogen and oxygen atoms in total. The first-order chi connectivity index (χ1) is 14.4. The monoisotopic (exact) mass is 447 g/mol. The summed E-state index contributed by atoms with van der Waals surface area (Å²) in [6, 6.07) is 11.8. The highest BCUT2D eigenvalue weighted by Gasteiger charge is 2.33. The molecule has 0 fully saturated rings. The van der Waals surface area contributed by atoms with Crippen molar-refractivity contribution in [2.45, 2.75) is 4.90 Å². The molecule has 11 heteroatoms. The number of fused-ring (bicyclic) bond motifs is 3. The van der Waals surface area contributed by atoms with Gasteiger partial charge in [0.15, 0.2) is 11.8 Å². The van der Waals surface area contributed by atoms with Gasteiger partial charge in [0.1, 0.15) is 5.75 Å². The van der Waals surface area contributed by atoms with E-state index in [9.17, 15) is 18.0 Å². The second-order valence-corrected chi connectivity index (χ2v) is 9.18. The first-order valence-corrected chi connectivity index (χ1v) is 11.3. The van der Waals surface area contributed by atoms with E-state index in [0.29, 0.717) is 28.0 Å². The van der Waals surface area contributed by atoms with Crippen molar-refractivity contribution >= 4 is 50.2 Å². The molecule has 0 aromatic heterocycles. The molecule has 0 saturated carbocycles. The zero-order valence-electron chi connectivity index (χ0n) is 15.8. The Morgan fingerprint density at radius 3 is 2.83 bits per heavy atom. The van der Waals surface area contributed by atoms with E-state index in [-0.39, 0.29) is 11.3 Å². The fourth-order valence-corrected chi connectivity index (χ4v) is 5.30. The lowest BCUT2D eigenvalue weighted by molar-refractivity contribution is -0.119. The number of esters is 1. The maximum Gasteiger partial charge on any atom is 0.338 e. The predicted octanol–water partition coefficient (Wildman–Crippen LogP) is 2.10. The minimum atomic E-state index is -3.45. The van der Waals surface area contributed by atoms with Crippen LogP contribution in [0.1, 0.15) is 10.4 Å². The Morgan fingerprint density at radius 1 is 1.23 bits per heavy atom. The van der Waals surface area contributed by atoms with Gasteiger partial charge in [-0.05, 0) is 42.1 Å². The van der Waals surface area contributed by atoms with Gasteiger partial charge in [0.25, 0.3) is 15.9 Å². The van der Waals surface area contributed by atoms with Gasteiger partial charge < -0.3 is 19.7 Å². The van der Waals surface area contributed by atoms with Gasteiger partial charge in [-0.1, -0.05) is 12.1 Å². The summed E-state index contributed by atoms with van der Waals surface area (Å²) in [6.07, 6.45) is 0. The van der Waals surface area contributed by atoms with Crippen LogP contribution in [-0.2, 0) is 19.6 Å². The first-order valence-electron chi connectivity index (χ1n) is 8.88. The summed E-state index contributed by atoms with van der Waals surface area (Å²) in [4.78, 5) is 27.0. The number of para-hydroxylation sites is 2. The normalized spacial score (nSPS) is 16.2. The molecule has 0 unspecified atom stereocenters. The number of hydrogen-bond donors (Lipinski definition) is 1. The summed E-state index contributed by atoms with van der Waals surface area (Å²) in [5, 5.41) is 3.00. The van der Waals surface area contributed by atoms with Crippen molar-refractivity contribution < 1.29 is 27.5 Å². The Hall–Kier alpha value is -3.05. The molecule has 0 spiro atoms. The number of sulfonamides is 1. The van der Waals surface area contributed by atoms with Gasteiger partial charge in [-0.15, -0.1) is 4.40 Å². The summed E-state index contributed by atoms with van der Waals surface area (Å²) in [6.45, 7) is -0.147. The third-order valence-corrected chi connectivity index (χ3v) is 6.73. The van der Waals surface area contributed by atoms with Crippen LogP contribution in [0.4, 0.5) is 11.4 Å². The number of carbonyl (C=O) groups is 2. The van der Waals surface area contributed by atoms with Crippen LogP contribution in [0.15, 0.2) is 51.8 Å². The highest BCUT2D eigenvalue weighted by molar-refractivity contribution is 8.15. The molecule has 1 amide bonds. The lowest BCUT2D eigenvalue weighted by Gasteiger charge is -2.22.